The normalized spacial score (nSPS) is 19.2. The average Bonchev–Trinajstić information content (AvgIpc) is 2.72. The van der Waals surface area contributed by atoms with Gasteiger partial charge in [-0.15, -0.1) is 0 Å². The van der Waals surface area contributed by atoms with Gasteiger partial charge >= 0.3 is 6.09 Å². The fourth-order valence-electron chi connectivity index (χ4n) is 4.60. The van der Waals surface area contributed by atoms with Crippen LogP contribution >= 0.6 is 0 Å². The molecule has 1 aromatic carbocycles. The lowest BCUT2D eigenvalue weighted by Crippen LogP contribution is -2.42. The average molecular weight is 446 g/mol. The molecule has 0 aromatic heterocycles. The molecule has 1 aromatic rings. The predicted molar refractivity (Wildman–Crippen MR) is 133 cm³/mol. The first-order chi connectivity index (χ1) is 15.1. The molecule has 1 amide bonds. The highest BCUT2D eigenvalue weighted by Gasteiger charge is 2.24. The lowest BCUT2D eigenvalue weighted by Gasteiger charge is -2.36. The van der Waals surface area contributed by atoms with Crippen LogP contribution in [0, 0.1) is 5.92 Å². The first-order valence-electron chi connectivity index (χ1n) is 12.2. The summed E-state index contributed by atoms with van der Waals surface area (Å²) < 4.78 is 5.43. The lowest BCUT2D eigenvalue weighted by atomic mass is 9.97. The minimum absolute atomic E-state index is 0.273. The zero-order chi connectivity index (χ0) is 23.3. The number of carbonyl (C=O) groups is 1. The third kappa shape index (κ3) is 7.19. The molecule has 0 spiro atoms. The second kappa shape index (κ2) is 10.6. The van der Waals surface area contributed by atoms with Crippen molar-refractivity contribution >= 4 is 23.2 Å². The van der Waals surface area contributed by atoms with E-state index in [4.69, 9.17) is 10.5 Å². The quantitative estimate of drug-likeness (QED) is 0.567. The first kappa shape index (κ1) is 24.5. The number of alkyl carbamates (subject to hydrolysis) is 1. The van der Waals surface area contributed by atoms with Crippen molar-refractivity contribution < 1.29 is 9.53 Å². The monoisotopic (exact) mass is 445 g/mol. The van der Waals surface area contributed by atoms with Crippen molar-refractivity contribution in [3.05, 3.63) is 18.2 Å². The number of nitrogens with two attached hydrogens (primary N) is 1. The molecule has 0 aliphatic carbocycles. The number of nitrogens with one attached hydrogen (secondary N) is 2. The first-order valence-corrected chi connectivity index (χ1v) is 12.2. The van der Waals surface area contributed by atoms with Gasteiger partial charge in [0.2, 0.25) is 0 Å². The van der Waals surface area contributed by atoms with Crippen LogP contribution in [-0.2, 0) is 4.74 Å². The second-order valence-corrected chi connectivity index (χ2v) is 10.7. The largest absolute Gasteiger partial charge is 0.449 e. The Morgan fingerprint density at radius 3 is 2.34 bits per heavy atom. The van der Waals surface area contributed by atoms with Crippen molar-refractivity contribution in [3.8, 4) is 0 Å². The predicted octanol–water partition coefficient (Wildman–Crippen LogP) is 4.29. The smallest absolute Gasteiger partial charge is 0.407 e. The maximum Gasteiger partial charge on any atom is 0.407 e. The van der Waals surface area contributed by atoms with E-state index in [-0.39, 0.29) is 11.6 Å². The van der Waals surface area contributed by atoms with Crippen LogP contribution < -0.4 is 21.3 Å². The number of amides is 1. The molecule has 4 N–H and O–H groups in total. The molecular weight excluding hydrogens is 402 g/mol. The Morgan fingerprint density at radius 2 is 1.78 bits per heavy atom. The molecule has 0 bridgehead atoms. The lowest BCUT2D eigenvalue weighted by molar-refractivity contribution is 0.113. The summed E-state index contributed by atoms with van der Waals surface area (Å²) in [6.07, 6.45) is 4.00. The molecule has 2 saturated heterocycles. The number of anilines is 3. The summed E-state index contributed by atoms with van der Waals surface area (Å²) >= 11 is 0. The van der Waals surface area contributed by atoms with Crippen LogP contribution in [0.2, 0.25) is 0 Å². The Hall–Kier alpha value is -2.15. The van der Waals surface area contributed by atoms with Gasteiger partial charge < -0.3 is 30.9 Å². The summed E-state index contributed by atoms with van der Waals surface area (Å²) in [4.78, 5) is 16.8. The molecule has 7 nitrogen and oxygen atoms in total. The Bertz CT molecular complexity index is 745. The van der Waals surface area contributed by atoms with E-state index in [0.717, 1.165) is 56.1 Å². The van der Waals surface area contributed by atoms with Crippen molar-refractivity contribution in [2.45, 2.75) is 77.9 Å². The minimum Gasteiger partial charge on any atom is -0.449 e. The van der Waals surface area contributed by atoms with Crippen molar-refractivity contribution in [2.24, 2.45) is 5.92 Å². The highest BCUT2D eigenvalue weighted by Crippen LogP contribution is 2.31. The van der Waals surface area contributed by atoms with Crippen LogP contribution in [0.4, 0.5) is 21.9 Å². The molecule has 3 rings (SSSR count). The van der Waals surface area contributed by atoms with Crippen LogP contribution in [0.1, 0.15) is 60.3 Å². The van der Waals surface area contributed by atoms with Gasteiger partial charge in [-0.2, -0.15) is 0 Å². The van der Waals surface area contributed by atoms with E-state index in [0.29, 0.717) is 24.6 Å². The van der Waals surface area contributed by atoms with Gasteiger partial charge in [0.1, 0.15) is 0 Å². The van der Waals surface area contributed by atoms with Gasteiger partial charge in [-0.05, 0) is 84.4 Å². The topological polar surface area (TPSA) is 82.9 Å². The van der Waals surface area contributed by atoms with E-state index in [1.807, 2.05) is 20.8 Å². The number of nitrogens with zero attached hydrogens (tertiary/aromatic N) is 2. The van der Waals surface area contributed by atoms with Crippen LogP contribution in [0.25, 0.3) is 0 Å². The molecule has 180 valence electrons. The maximum atomic E-state index is 11.9. The van der Waals surface area contributed by atoms with E-state index in [2.05, 4.69) is 52.5 Å². The third-order valence-corrected chi connectivity index (χ3v) is 6.54. The molecule has 2 heterocycles. The maximum absolute atomic E-state index is 11.9. The van der Waals surface area contributed by atoms with Crippen molar-refractivity contribution in [1.82, 2.24) is 10.2 Å². The minimum atomic E-state index is -0.331. The summed E-state index contributed by atoms with van der Waals surface area (Å²) in [5.74, 6) is 0.399. The molecule has 0 atom stereocenters. The molecule has 2 aliphatic rings. The van der Waals surface area contributed by atoms with E-state index in [1.165, 1.54) is 12.8 Å². The van der Waals surface area contributed by atoms with Gasteiger partial charge in [-0.1, -0.05) is 0 Å². The molecular formula is C25H43N5O2. The third-order valence-electron chi connectivity index (χ3n) is 6.54. The van der Waals surface area contributed by atoms with E-state index in [9.17, 15) is 4.79 Å². The number of rotatable bonds is 6. The number of ether oxygens (including phenoxy) is 1. The number of benzene rings is 1. The summed E-state index contributed by atoms with van der Waals surface area (Å²) in [7, 11) is 0. The number of carbonyl (C=O) groups excluding carboxylic acids is 1. The van der Waals surface area contributed by atoms with Gasteiger partial charge in [0.05, 0.1) is 18.0 Å². The Balaban J connectivity index is 1.44. The Labute approximate surface area is 194 Å². The fourth-order valence-corrected chi connectivity index (χ4v) is 4.60. The molecule has 2 aliphatic heterocycles. The molecule has 0 unspecified atom stereocenters. The number of hydrogen-bond donors (Lipinski definition) is 3. The van der Waals surface area contributed by atoms with Gasteiger partial charge in [0.15, 0.2) is 0 Å². The zero-order valence-corrected chi connectivity index (χ0v) is 20.6. The Kier molecular flexibility index (Phi) is 8.15. The van der Waals surface area contributed by atoms with Crippen LogP contribution in [0.15, 0.2) is 18.2 Å². The van der Waals surface area contributed by atoms with Crippen LogP contribution in [-0.4, -0.2) is 61.4 Å². The molecule has 0 saturated carbocycles. The summed E-state index contributed by atoms with van der Waals surface area (Å²) in [5.41, 5.74) is 9.22. The van der Waals surface area contributed by atoms with Gasteiger partial charge in [-0.3, -0.25) is 0 Å². The van der Waals surface area contributed by atoms with Gasteiger partial charge in [0, 0.05) is 49.5 Å². The van der Waals surface area contributed by atoms with Crippen LogP contribution in [0.5, 0.6) is 0 Å². The summed E-state index contributed by atoms with van der Waals surface area (Å²) in [6, 6.07) is 7.53. The summed E-state index contributed by atoms with van der Waals surface area (Å²) in [6.45, 7) is 15.0. The standard InChI is InChI=1S/C25H43N5O2/c1-18(2)29-14-10-20(11-15-29)27-21-6-7-23(22(26)16-21)30-12-8-19(9-13-30)17-32-24(31)28-25(3,4)5/h6-7,16,18-20,27H,8-15,17,26H2,1-5H3,(H,28,31). The molecule has 7 heteroatoms. The molecule has 2 fully saturated rings. The van der Waals surface area contributed by atoms with Gasteiger partial charge in [0.25, 0.3) is 0 Å². The number of nitrogen functional groups attached to an aromatic ring is 1. The van der Waals surface area contributed by atoms with E-state index >= 15 is 0 Å². The van der Waals surface area contributed by atoms with E-state index < -0.39 is 0 Å². The highest BCUT2D eigenvalue weighted by atomic mass is 16.5. The number of likely N-dealkylation sites (tertiary alicyclic amines) is 1. The molecule has 0 radical (unpaired) electrons. The second-order valence-electron chi connectivity index (χ2n) is 10.7. The van der Waals surface area contributed by atoms with E-state index in [1.54, 1.807) is 0 Å². The van der Waals surface area contributed by atoms with Crippen LogP contribution in [0.3, 0.4) is 0 Å². The zero-order valence-electron chi connectivity index (χ0n) is 20.6. The number of hydrogen-bond acceptors (Lipinski definition) is 6. The Morgan fingerprint density at radius 1 is 1.12 bits per heavy atom. The fraction of sp³-hybridized carbons (Fsp3) is 0.720. The van der Waals surface area contributed by atoms with Crippen molar-refractivity contribution in [3.63, 3.8) is 0 Å². The van der Waals surface area contributed by atoms with Gasteiger partial charge in [-0.25, -0.2) is 4.79 Å². The SMILES string of the molecule is CC(C)N1CCC(Nc2ccc(N3CCC(COC(=O)NC(C)(C)C)CC3)c(N)c2)CC1. The van der Waals surface area contributed by atoms with Crippen molar-refractivity contribution in [2.75, 3.05) is 48.7 Å². The molecule has 32 heavy (non-hydrogen) atoms. The van der Waals surface area contributed by atoms with Crippen molar-refractivity contribution in [1.29, 1.82) is 0 Å². The number of piperidine rings is 2. The summed E-state index contributed by atoms with van der Waals surface area (Å²) in [5, 5.41) is 6.53. The highest BCUT2D eigenvalue weighted by molar-refractivity contribution is 5.73.